The van der Waals surface area contributed by atoms with Crippen LogP contribution in [-0.4, -0.2) is 21.2 Å². The van der Waals surface area contributed by atoms with Crippen LogP contribution in [0.2, 0.25) is 0 Å². The van der Waals surface area contributed by atoms with Crippen LogP contribution < -0.4 is 0 Å². The number of rotatable bonds is 4. The summed E-state index contributed by atoms with van der Waals surface area (Å²) < 4.78 is 0. The first kappa shape index (κ1) is 10.4. The zero-order chi connectivity index (χ0) is 10.4. The van der Waals surface area contributed by atoms with Gasteiger partial charge in [0.1, 0.15) is 0 Å². The van der Waals surface area contributed by atoms with E-state index in [4.69, 9.17) is 10.2 Å². The number of hydrogen-bond acceptors (Lipinski definition) is 3. The van der Waals surface area contributed by atoms with Crippen LogP contribution in [0.5, 0.6) is 0 Å². The molecule has 1 aromatic heterocycles. The molecule has 0 aliphatic carbocycles. The predicted molar refractivity (Wildman–Crippen MR) is 51.4 cm³/mol. The second kappa shape index (κ2) is 5.14. The number of aliphatic hydroxyl groups excluding tert-OH is 1. The molecule has 2 N–H and O–H groups in total. The van der Waals surface area contributed by atoms with Crippen molar-refractivity contribution >= 4 is 12.0 Å². The summed E-state index contributed by atoms with van der Waals surface area (Å²) in [4.78, 5) is 14.1. The second-order valence-electron chi connectivity index (χ2n) is 2.78. The Hall–Kier alpha value is -1.68. The molecule has 0 saturated heterocycles. The molecular formula is C10H11NO3. The third kappa shape index (κ3) is 3.37. The minimum atomic E-state index is -0.868. The van der Waals surface area contributed by atoms with Gasteiger partial charge in [-0.25, -0.2) is 0 Å². The third-order valence-electron chi connectivity index (χ3n) is 1.60. The van der Waals surface area contributed by atoms with Crippen molar-refractivity contribution in [3.8, 4) is 0 Å². The zero-order valence-corrected chi connectivity index (χ0v) is 7.55. The van der Waals surface area contributed by atoms with Crippen molar-refractivity contribution in [1.29, 1.82) is 0 Å². The molecule has 0 aliphatic rings. The summed E-state index contributed by atoms with van der Waals surface area (Å²) in [6.07, 6.45) is 6.37. The quantitative estimate of drug-likeness (QED) is 0.750. The monoisotopic (exact) mass is 193 g/mol. The molecule has 0 bridgehead atoms. The Morgan fingerprint density at radius 2 is 2.29 bits per heavy atom. The van der Waals surface area contributed by atoms with Crippen molar-refractivity contribution < 1.29 is 15.0 Å². The van der Waals surface area contributed by atoms with Gasteiger partial charge in [0.25, 0.3) is 0 Å². The van der Waals surface area contributed by atoms with Crippen LogP contribution in [0.25, 0.3) is 6.08 Å². The fraction of sp³-hybridized carbons (Fsp3) is 0.200. The Morgan fingerprint density at radius 3 is 2.93 bits per heavy atom. The molecule has 0 aliphatic heterocycles. The molecule has 1 heterocycles. The number of carboxylic acids is 1. The third-order valence-corrected chi connectivity index (χ3v) is 1.60. The van der Waals surface area contributed by atoms with Gasteiger partial charge in [-0.05, 0) is 17.2 Å². The second-order valence-corrected chi connectivity index (χ2v) is 2.78. The highest BCUT2D eigenvalue weighted by Crippen LogP contribution is 2.05. The number of pyridine rings is 1. The maximum atomic E-state index is 10.2. The summed E-state index contributed by atoms with van der Waals surface area (Å²) in [6.45, 7) is -0.0619. The van der Waals surface area contributed by atoms with Gasteiger partial charge >= 0.3 is 5.97 Å². The molecule has 1 rings (SSSR count). The van der Waals surface area contributed by atoms with E-state index in [1.165, 1.54) is 0 Å². The van der Waals surface area contributed by atoms with E-state index in [0.717, 1.165) is 5.56 Å². The normalized spacial score (nSPS) is 10.6. The maximum absolute atomic E-state index is 10.2. The highest BCUT2D eigenvalue weighted by molar-refractivity contribution is 5.70. The number of aromatic nitrogens is 1. The van der Waals surface area contributed by atoms with E-state index in [2.05, 4.69) is 4.98 Å². The van der Waals surface area contributed by atoms with Gasteiger partial charge in [-0.1, -0.05) is 12.2 Å². The Kier molecular flexibility index (Phi) is 3.82. The van der Waals surface area contributed by atoms with Gasteiger partial charge < -0.3 is 10.2 Å². The first-order chi connectivity index (χ1) is 6.72. The molecule has 0 spiro atoms. The minimum absolute atomic E-state index is 0.0106. The Morgan fingerprint density at radius 1 is 1.50 bits per heavy atom. The summed E-state index contributed by atoms with van der Waals surface area (Å²) >= 11 is 0. The molecule has 0 atom stereocenters. The summed E-state index contributed by atoms with van der Waals surface area (Å²) in [7, 11) is 0. The number of hydrogen-bond donors (Lipinski definition) is 2. The Labute approximate surface area is 81.5 Å². The average molecular weight is 193 g/mol. The number of carboxylic acid groups (broad SMARTS) is 1. The molecule has 0 unspecified atom stereocenters. The fourth-order valence-corrected chi connectivity index (χ4v) is 0.981. The van der Waals surface area contributed by atoms with E-state index in [1.54, 1.807) is 30.6 Å². The van der Waals surface area contributed by atoms with E-state index >= 15 is 0 Å². The lowest BCUT2D eigenvalue weighted by molar-refractivity contribution is -0.135. The van der Waals surface area contributed by atoms with E-state index in [-0.39, 0.29) is 13.0 Å². The lowest BCUT2D eigenvalue weighted by atomic mass is 10.2. The summed E-state index contributed by atoms with van der Waals surface area (Å²) in [5.74, 6) is -0.868. The Balaban J connectivity index is 2.66. The number of aliphatic hydroxyl groups is 1. The molecule has 0 saturated carbocycles. The van der Waals surface area contributed by atoms with Crippen LogP contribution in [0.15, 0.2) is 24.5 Å². The van der Waals surface area contributed by atoms with Gasteiger partial charge in [0.2, 0.25) is 0 Å². The first-order valence-electron chi connectivity index (χ1n) is 4.15. The molecule has 0 amide bonds. The van der Waals surface area contributed by atoms with Crippen molar-refractivity contribution in [2.75, 3.05) is 0 Å². The van der Waals surface area contributed by atoms with Gasteiger partial charge in [-0.2, -0.15) is 0 Å². The van der Waals surface area contributed by atoms with Gasteiger partial charge in [0.15, 0.2) is 0 Å². The molecule has 74 valence electrons. The molecular weight excluding hydrogens is 182 g/mol. The highest BCUT2D eigenvalue weighted by Gasteiger charge is 1.93. The van der Waals surface area contributed by atoms with Gasteiger partial charge in [0.05, 0.1) is 13.0 Å². The number of nitrogens with zero attached hydrogens (tertiary/aromatic N) is 1. The molecule has 4 heteroatoms. The lowest BCUT2D eigenvalue weighted by Gasteiger charge is -1.96. The SMILES string of the molecule is O=C(O)CC=Cc1cncc(CO)c1. The van der Waals surface area contributed by atoms with Crippen molar-refractivity contribution in [3.05, 3.63) is 35.7 Å². The standard InChI is InChI=1S/C10H11NO3/c12-7-9-4-8(5-11-6-9)2-1-3-10(13)14/h1-2,4-6,12H,3,7H2,(H,13,14). The molecule has 4 nitrogen and oxygen atoms in total. The largest absolute Gasteiger partial charge is 0.481 e. The van der Waals surface area contributed by atoms with Crippen LogP contribution >= 0.6 is 0 Å². The number of carbonyl (C=O) groups is 1. The predicted octanol–water partition coefficient (Wildman–Crippen LogP) is 1.06. The molecule has 0 radical (unpaired) electrons. The summed E-state index contributed by atoms with van der Waals surface area (Å²) in [5.41, 5.74) is 1.50. The van der Waals surface area contributed by atoms with Crippen LogP contribution in [0, 0.1) is 0 Å². The fourth-order valence-electron chi connectivity index (χ4n) is 0.981. The van der Waals surface area contributed by atoms with E-state index in [9.17, 15) is 4.79 Å². The van der Waals surface area contributed by atoms with E-state index < -0.39 is 5.97 Å². The van der Waals surface area contributed by atoms with Crippen molar-refractivity contribution in [2.24, 2.45) is 0 Å². The van der Waals surface area contributed by atoms with Crippen LogP contribution in [-0.2, 0) is 11.4 Å². The molecule has 1 aromatic rings. The van der Waals surface area contributed by atoms with E-state index in [0.29, 0.717) is 5.56 Å². The number of aliphatic carboxylic acids is 1. The molecule has 0 fully saturated rings. The van der Waals surface area contributed by atoms with Crippen molar-refractivity contribution in [2.45, 2.75) is 13.0 Å². The Bertz CT molecular complexity index is 347. The van der Waals surface area contributed by atoms with Crippen LogP contribution in [0.1, 0.15) is 17.5 Å². The molecule has 0 aromatic carbocycles. The van der Waals surface area contributed by atoms with Crippen LogP contribution in [0.4, 0.5) is 0 Å². The van der Waals surface area contributed by atoms with E-state index in [1.807, 2.05) is 0 Å². The maximum Gasteiger partial charge on any atom is 0.307 e. The van der Waals surface area contributed by atoms with Crippen molar-refractivity contribution in [3.63, 3.8) is 0 Å². The zero-order valence-electron chi connectivity index (χ0n) is 7.55. The average Bonchev–Trinajstić information content (AvgIpc) is 2.18. The van der Waals surface area contributed by atoms with Gasteiger partial charge in [-0.3, -0.25) is 9.78 Å². The van der Waals surface area contributed by atoms with Gasteiger partial charge in [0, 0.05) is 12.4 Å². The summed E-state index contributed by atoms with van der Waals surface area (Å²) in [5, 5.41) is 17.2. The minimum Gasteiger partial charge on any atom is -0.481 e. The molecule has 14 heavy (non-hydrogen) atoms. The highest BCUT2D eigenvalue weighted by atomic mass is 16.4. The smallest absolute Gasteiger partial charge is 0.307 e. The van der Waals surface area contributed by atoms with Crippen LogP contribution in [0.3, 0.4) is 0 Å². The van der Waals surface area contributed by atoms with Crippen molar-refractivity contribution in [1.82, 2.24) is 4.98 Å². The lowest BCUT2D eigenvalue weighted by Crippen LogP contribution is -1.90. The first-order valence-corrected chi connectivity index (χ1v) is 4.15. The topological polar surface area (TPSA) is 70.4 Å². The van der Waals surface area contributed by atoms with Gasteiger partial charge in [-0.15, -0.1) is 0 Å². The summed E-state index contributed by atoms with van der Waals surface area (Å²) in [6, 6.07) is 1.76.